The van der Waals surface area contributed by atoms with Gasteiger partial charge in [-0.25, -0.2) is 9.59 Å². The molecule has 0 saturated heterocycles. The van der Waals surface area contributed by atoms with E-state index >= 15 is 0 Å². The minimum absolute atomic E-state index is 0.110. The zero-order valence-electron chi connectivity index (χ0n) is 10.6. The molecule has 96 valence electrons. The molecule has 0 aromatic carbocycles. The van der Waals surface area contributed by atoms with Crippen LogP contribution in [0.2, 0.25) is 19.6 Å². The minimum Gasteiger partial charge on any atom is -0.460 e. The molecular formula is C11H18O5Si. The number of esters is 2. The molecule has 0 amide bonds. The second kappa shape index (κ2) is 6.34. The molecule has 1 unspecified atom stereocenters. The lowest BCUT2D eigenvalue weighted by atomic mass is 10.4. The average Bonchev–Trinajstić information content (AvgIpc) is 2.23. The Morgan fingerprint density at radius 2 is 1.76 bits per heavy atom. The Labute approximate surface area is 102 Å². The Balaban J connectivity index is 4.37. The highest BCUT2D eigenvalue weighted by molar-refractivity contribution is 6.77. The van der Waals surface area contributed by atoms with Crippen LogP contribution in [0.1, 0.15) is 6.92 Å². The molecule has 0 aromatic heterocycles. The fourth-order valence-corrected chi connectivity index (χ4v) is 1.13. The minimum atomic E-state index is -1.69. The number of carbonyl (C=O) groups is 3. The van der Waals surface area contributed by atoms with Crippen LogP contribution in [0.4, 0.5) is 0 Å². The smallest absolute Gasteiger partial charge is 0.387 e. The highest BCUT2D eigenvalue weighted by Gasteiger charge is 2.32. The Morgan fingerprint density at radius 1 is 1.24 bits per heavy atom. The SMILES string of the molecule is C=CCOC(=O)C(=O)C(=O)OC(C)[Si](C)(C)C. The highest BCUT2D eigenvalue weighted by Crippen LogP contribution is 2.11. The van der Waals surface area contributed by atoms with Crippen LogP contribution in [0.3, 0.4) is 0 Å². The molecule has 0 spiro atoms. The second-order valence-electron chi connectivity index (χ2n) is 4.63. The summed E-state index contributed by atoms with van der Waals surface area (Å²) in [5.74, 6) is -3.65. The van der Waals surface area contributed by atoms with Crippen molar-refractivity contribution in [3.05, 3.63) is 12.7 Å². The number of hydrogen-bond acceptors (Lipinski definition) is 5. The summed E-state index contributed by atoms with van der Waals surface area (Å²) in [4.78, 5) is 33.6. The van der Waals surface area contributed by atoms with E-state index in [0.717, 1.165) is 0 Å². The van der Waals surface area contributed by atoms with E-state index in [2.05, 4.69) is 11.3 Å². The number of carbonyl (C=O) groups excluding carboxylic acids is 3. The van der Waals surface area contributed by atoms with Gasteiger partial charge in [-0.05, 0) is 6.92 Å². The van der Waals surface area contributed by atoms with Crippen molar-refractivity contribution in [1.29, 1.82) is 0 Å². The van der Waals surface area contributed by atoms with Gasteiger partial charge in [-0.3, -0.25) is 4.79 Å². The fraction of sp³-hybridized carbons (Fsp3) is 0.545. The average molecular weight is 258 g/mol. The third-order valence-electron chi connectivity index (χ3n) is 2.21. The zero-order valence-corrected chi connectivity index (χ0v) is 11.6. The molecule has 0 bridgehead atoms. The second-order valence-corrected chi connectivity index (χ2v) is 10.2. The van der Waals surface area contributed by atoms with Gasteiger partial charge < -0.3 is 9.47 Å². The van der Waals surface area contributed by atoms with Gasteiger partial charge in [-0.1, -0.05) is 32.3 Å². The largest absolute Gasteiger partial charge is 0.460 e. The van der Waals surface area contributed by atoms with Crippen molar-refractivity contribution in [3.63, 3.8) is 0 Å². The molecule has 0 radical (unpaired) electrons. The normalized spacial score (nSPS) is 12.5. The number of rotatable bonds is 6. The van der Waals surface area contributed by atoms with Crippen molar-refractivity contribution in [2.45, 2.75) is 32.3 Å². The maximum absolute atomic E-state index is 11.3. The van der Waals surface area contributed by atoms with Crippen molar-refractivity contribution in [1.82, 2.24) is 0 Å². The summed E-state index contributed by atoms with van der Waals surface area (Å²) in [5, 5.41) is 0. The summed E-state index contributed by atoms with van der Waals surface area (Å²) in [6.45, 7) is 10.9. The maximum Gasteiger partial charge on any atom is 0.387 e. The van der Waals surface area contributed by atoms with Gasteiger partial charge in [0.05, 0.1) is 13.8 Å². The topological polar surface area (TPSA) is 69.7 Å². The van der Waals surface area contributed by atoms with E-state index in [1.165, 1.54) is 6.08 Å². The van der Waals surface area contributed by atoms with Crippen LogP contribution in [0, 0.1) is 0 Å². The molecular weight excluding hydrogens is 240 g/mol. The quantitative estimate of drug-likeness (QED) is 0.234. The van der Waals surface area contributed by atoms with Gasteiger partial charge in [0.1, 0.15) is 6.61 Å². The van der Waals surface area contributed by atoms with E-state index in [4.69, 9.17) is 4.74 Å². The predicted molar refractivity (Wildman–Crippen MR) is 65.1 cm³/mol. The Morgan fingerprint density at radius 3 is 2.18 bits per heavy atom. The van der Waals surface area contributed by atoms with E-state index in [9.17, 15) is 14.4 Å². The van der Waals surface area contributed by atoms with Crippen LogP contribution in [0.5, 0.6) is 0 Å². The standard InChI is InChI=1S/C11H18O5Si/c1-6-7-15-10(13)9(12)11(14)16-8(2)17(3,4)5/h6,8H,1,7H2,2-5H3. The van der Waals surface area contributed by atoms with Crippen molar-refractivity contribution < 1.29 is 23.9 Å². The van der Waals surface area contributed by atoms with Gasteiger partial charge in [0.2, 0.25) is 0 Å². The highest BCUT2D eigenvalue weighted by atomic mass is 28.3. The van der Waals surface area contributed by atoms with Crippen LogP contribution < -0.4 is 0 Å². The molecule has 0 aliphatic rings. The lowest BCUT2D eigenvalue weighted by Gasteiger charge is -2.24. The summed E-state index contributed by atoms with van der Waals surface area (Å²) in [6.07, 6.45) is 1.31. The predicted octanol–water partition coefficient (Wildman–Crippen LogP) is 1.09. The lowest BCUT2D eigenvalue weighted by Crippen LogP contribution is -2.42. The van der Waals surface area contributed by atoms with Crippen LogP contribution in [-0.4, -0.2) is 38.1 Å². The lowest BCUT2D eigenvalue weighted by molar-refractivity contribution is -0.164. The van der Waals surface area contributed by atoms with E-state index < -0.39 is 25.8 Å². The van der Waals surface area contributed by atoms with Crippen LogP contribution in [-0.2, 0) is 23.9 Å². The molecule has 0 saturated carbocycles. The number of ether oxygens (including phenoxy) is 2. The van der Waals surface area contributed by atoms with Gasteiger partial charge in [0.25, 0.3) is 0 Å². The Kier molecular flexibility index (Phi) is 5.80. The van der Waals surface area contributed by atoms with E-state index in [0.29, 0.717) is 0 Å². The molecule has 0 fully saturated rings. The van der Waals surface area contributed by atoms with Gasteiger partial charge in [-0.2, -0.15) is 0 Å². The molecule has 0 aliphatic heterocycles. The first-order valence-corrected chi connectivity index (χ1v) is 8.80. The van der Waals surface area contributed by atoms with Gasteiger partial charge >= 0.3 is 17.7 Å². The van der Waals surface area contributed by atoms with E-state index in [-0.39, 0.29) is 12.3 Å². The number of hydrogen-bond donors (Lipinski definition) is 0. The first kappa shape index (κ1) is 15.6. The fourth-order valence-electron chi connectivity index (χ4n) is 0.674. The third kappa shape index (κ3) is 5.44. The summed E-state index contributed by atoms with van der Waals surface area (Å²) in [7, 11) is -1.69. The molecule has 17 heavy (non-hydrogen) atoms. The van der Waals surface area contributed by atoms with Gasteiger partial charge in [0, 0.05) is 0 Å². The van der Waals surface area contributed by atoms with E-state index in [1.54, 1.807) is 6.92 Å². The molecule has 0 N–H and O–H groups in total. The van der Waals surface area contributed by atoms with Crippen molar-refractivity contribution in [2.24, 2.45) is 0 Å². The Hall–Kier alpha value is -1.43. The van der Waals surface area contributed by atoms with Crippen LogP contribution in [0.15, 0.2) is 12.7 Å². The first-order valence-electron chi connectivity index (χ1n) is 5.23. The third-order valence-corrected chi connectivity index (χ3v) is 4.76. The molecule has 0 aromatic rings. The monoisotopic (exact) mass is 258 g/mol. The summed E-state index contributed by atoms with van der Waals surface area (Å²) >= 11 is 0. The number of ketones is 1. The molecule has 5 nitrogen and oxygen atoms in total. The number of Topliss-reactive ketones (excluding diaryl/α,β-unsaturated/α-hetero) is 1. The van der Waals surface area contributed by atoms with Crippen LogP contribution in [0.25, 0.3) is 0 Å². The van der Waals surface area contributed by atoms with Gasteiger partial charge in [0.15, 0.2) is 0 Å². The first-order chi connectivity index (χ1) is 7.70. The summed E-state index contributed by atoms with van der Waals surface area (Å²) in [6, 6.07) is 0. The van der Waals surface area contributed by atoms with Crippen molar-refractivity contribution >= 4 is 25.8 Å². The molecule has 0 rings (SSSR count). The molecule has 0 aliphatic carbocycles. The Bertz CT molecular complexity index is 329. The van der Waals surface area contributed by atoms with Gasteiger partial charge in [-0.15, -0.1) is 0 Å². The maximum atomic E-state index is 11.3. The molecule has 0 heterocycles. The van der Waals surface area contributed by atoms with E-state index in [1.807, 2.05) is 19.6 Å². The van der Waals surface area contributed by atoms with Crippen molar-refractivity contribution in [2.75, 3.05) is 6.61 Å². The zero-order chi connectivity index (χ0) is 13.6. The summed E-state index contributed by atoms with van der Waals surface area (Å²) < 4.78 is 9.37. The summed E-state index contributed by atoms with van der Waals surface area (Å²) in [5.41, 5.74) is -0.342. The van der Waals surface area contributed by atoms with Crippen LogP contribution >= 0.6 is 0 Å². The molecule has 6 heteroatoms. The van der Waals surface area contributed by atoms with Crippen molar-refractivity contribution in [3.8, 4) is 0 Å². The molecule has 1 atom stereocenters.